The highest BCUT2D eigenvalue weighted by Crippen LogP contribution is 2.15. The summed E-state index contributed by atoms with van der Waals surface area (Å²) in [6, 6.07) is 8.55. The average Bonchev–Trinajstić information content (AvgIpc) is 2.38. The van der Waals surface area contributed by atoms with Crippen molar-refractivity contribution in [2.75, 3.05) is 0 Å². The van der Waals surface area contributed by atoms with Gasteiger partial charge in [0.2, 0.25) is 0 Å². The maximum Gasteiger partial charge on any atom is 0.0476 e. The van der Waals surface area contributed by atoms with E-state index in [4.69, 9.17) is 11.6 Å². The van der Waals surface area contributed by atoms with Gasteiger partial charge in [-0.05, 0) is 24.0 Å². The van der Waals surface area contributed by atoms with E-state index in [1.54, 1.807) is 0 Å². The van der Waals surface area contributed by atoms with E-state index in [1.165, 1.54) is 62.5 Å². The van der Waals surface area contributed by atoms with Gasteiger partial charge < -0.3 is 0 Å². The summed E-state index contributed by atoms with van der Waals surface area (Å²) in [7, 11) is 0. The van der Waals surface area contributed by atoms with Crippen molar-refractivity contribution in [2.45, 2.75) is 64.2 Å². The lowest BCUT2D eigenvalue weighted by atomic mass is 10.0. The monoisotopic (exact) mass is 252 g/mol. The van der Waals surface area contributed by atoms with Crippen LogP contribution in [0.1, 0.15) is 63.0 Å². The van der Waals surface area contributed by atoms with E-state index < -0.39 is 0 Å². The van der Waals surface area contributed by atoms with Crippen molar-refractivity contribution in [3.05, 3.63) is 35.4 Å². The molecular weight excluding hydrogens is 228 g/mol. The van der Waals surface area contributed by atoms with E-state index in [1.807, 2.05) is 0 Å². The van der Waals surface area contributed by atoms with Gasteiger partial charge in [0.25, 0.3) is 0 Å². The number of halogens is 1. The third-order valence-corrected chi connectivity index (χ3v) is 3.60. The van der Waals surface area contributed by atoms with Crippen LogP contribution in [0.4, 0.5) is 0 Å². The van der Waals surface area contributed by atoms with Crippen LogP contribution in [0.5, 0.6) is 0 Å². The van der Waals surface area contributed by atoms with Gasteiger partial charge in [0.05, 0.1) is 0 Å². The molecule has 1 heteroatoms. The van der Waals surface area contributed by atoms with Gasteiger partial charge in [-0.1, -0.05) is 69.7 Å². The van der Waals surface area contributed by atoms with Crippen molar-refractivity contribution in [1.29, 1.82) is 0 Å². The van der Waals surface area contributed by atoms with Gasteiger partial charge in [-0.15, -0.1) is 11.6 Å². The van der Waals surface area contributed by atoms with Gasteiger partial charge in [0.15, 0.2) is 0 Å². The second-order valence-corrected chi connectivity index (χ2v) is 5.04. The molecule has 0 heterocycles. The first-order chi connectivity index (χ1) is 8.38. The second-order valence-electron chi connectivity index (χ2n) is 4.77. The fourth-order valence-electron chi connectivity index (χ4n) is 2.20. The molecule has 0 unspecified atom stereocenters. The van der Waals surface area contributed by atoms with E-state index in [-0.39, 0.29) is 0 Å². The maximum atomic E-state index is 5.93. The Kier molecular flexibility index (Phi) is 8.17. The molecule has 1 rings (SSSR count). The van der Waals surface area contributed by atoms with Crippen molar-refractivity contribution in [3.63, 3.8) is 0 Å². The number of hydrogen-bond donors (Lipinski definition) is 0. The average molecular weight is 253 g/mol. The van der Waals surface area contributed by atoms with E-state index in [2.05, 4.69) is 31.2 Å². The fraction of sp³-hybridized carbons (Fsp3) is 0.625. The highest BCUT2D eigenvalue weighted by molar-refractivity contribution is 6.17. The Morgan fingerprint density at radius 3 is 2.06 bits per heavy atom. The molecule has 0 N–H and O–H groups in total. The summed E-state index contributed by atoms with van der Waals surface area (Å²) >= 11 is 5.93. The Balaban J connectivity index is 2.13. The van der Waals surface area contributed by atoms with Crippen molar-refractivity contribution in [3.8, 4) is 0 Å². The standard InChI is InChI=1S/C16H25Cl/c1-2-3-4-5-6-7-8-11-15-12-9-10-13-16(15)14-17/h9-10,12-13H,2-8,11,14H2,1H3. The number of benzene rings is 1. The largest absolute Gasteiger partial charge is 0.122 e. The summed E-state index contributed by atoms with van der Waals surface area (Å²) in [4.78, 5) is 0. The molecule has 0 saturated heterocycles. The molecule has 0 nitrogen and oxygen atoms in total. The molecule has 0 aromatic heterocycles. The van der Waals surface area contributed by atoms with Gasteiger partial charge in [0.1, 0.15) is 0 Å². The number of hydrogen-bond acceptors (Lipinski definition) is 0. The molecule has 17 heavy (non-hydrogen) atoms. The molecule has 1 aromatic rings. The Morgan fingerprint density at radius 1 is 0.824 bits per heavy atom. The topological polar surface area (TPSA) is 0 Å². The van der Waals surface area contributed by atoms with E-state index in [0.717, 1.165) is 0 Å². The molecule has 0 fully saturated rings. The first kappa shape index (κ1) is 14.6. The number of aryl methyl sites for hydroxylation is 1. The summed E-state index contributed by atoms with van der Waals surface area (Å²) < 4.78 is 0. The maximum absolute atomic E-state index is 5.93. The van der Waals surface area contributed by atoms with Crippen molar-refractivity contribution in [2.24, 2.45) is 0 Å². The van der Waals surface area contributed by atoms with Gasteiger partial charge in [0, 0.05) is 5.88 Å². The smallest absolute Gasteiger partial charge is 0.0476 e. The molecular formula is C16H25Cl. The molecule has 0 spiro atoms. The third-order valence-electron chi connectivity index (χ3n) is 3.31. The number of unbranched alkanes of at least 4 members (excludes halogenated alkanes) is 6. The highest BCUT2D eigenvalue weighted by atomic mass is 35.5. The number of rotatable bonds is 9. The Bertz CT molecular complexity index is 293. The van der Waals surface area contributed by atoms with Crippen molar-refractivity contribution < 1.29 is 0 Å². The lowest BCUT2D eigenvalue weighted by molar-refractivity contribution is 0.589. The third kappa shape index (κ3) is 6.12. The van der Waals surface area contributed by atoms with E-state index in [0.29, 0.717) is 5.88 Å². The lowest BCUT2D eigenvalue weighted by Crippen LogP contribution is -1.92. The van der Waals surface area contributed by atoms with Crippen molar-refractivity contribution >= 4 is 11.6 Å². The van der Waals surface area contributed by atoms with E-state index in [9.17, 15) is 0 Å². The van der Waals surface area contributed by atoms with E-state index >= 15 is 0 Å². The van der Waals surface area contributed by atoms with Gasteiger partial charge >= 0.3 is 0 Å². The minimum absolute atomic E-state index is 0.646. The van der Waals surface area contributed by atoms with Crippen LogP contribution in [0.2, 0.25) is 0 Å². The molecule has 0 radical (unpaired) electrons. The highest BCUT2D eigenvalue weighted by Gasteiger charge is 1.99. The normalized spacial score (nSPS) is 10.7. The Morgan fingerprint density at radius 2 is 1.41 bits per heavy atom. The van der Waals surface area contributed by atoms with Crippen LogP contribution in [0.3, 0.4) is 0 Å². The number of alkyl halides is 1. The van der Waals surface area contributed by atoms with Crippen LogP contribution >= 0.6 is 11.6 Å². The Labute approximate surface area is 111 Å². The molecule has 96 valence electrons. The van der Waals surface area contributed by atoms with Gasteiger partial charge in [-0.25, -0.2) is 0 Å². The summed E-state index contributed by atoms with van der Waals surface area (Å²) in [5.74, 6) is 0.646. The molecule has 0 aliphatic rings. The summed E-state index contributed by atoms with van der Waals surface area (Å²) in [6.45, 7) is 2.27. The second kappa shape index (κ2) is 9.53. The minimum atomic E-state index is 0.646. The molecule has 0 saturated carbocycles. The lowest BCUT2D eigenvalue weighted by Gasteiger charge is -2.06. The predicted molar refractivity (Wildman–Crippen MR) is 77.7 cm³/mol. The molecule has 0 atom stereocenters. The zero-order valence-corrected chi connectivity index (χ0v) is 11.8. The molecule has 0 aliphatic heterocycles. The summed E-state index contributed by atoms with van der Waals surface area (Å²) in [5, 5.41) is 0. The zero-order valence-electron chi connectivity index (χ0n) is 11.1. The van der Waals surface area contributed by atoms with Crippen LogP contribution in [0.25, 0.3) is 0 Å². The first-order valence-corrected chi connectivity index (χ1v) is 7.54. The summed E-state index contributed by atoms with van der Waals surface area (Å²) in [6.07, 6.45) is 10.8. The summed E-state index contributed by atoms with van der Waals surface area (Å²) in [5.41, 5.74) is 2.75. The SMILES string of the molecule is CCCCCCCCCc1ccccc1CCl. The van der Waals surface area contributed by atoms with Crippen molar-refractivity contribution in [1.82, 2.24) is 0 Å². The predicted octanol–water partition coefficient (Wildman–Crippen LogP) is 5.72. The van der Waals surface area contributed by atoms with Crippen LogP contribution in [0, 0.1) is 0 Å². The van der Waals surface area contributed by atoms with Crippen LogP contribution in [-0.2, 0) is 12.3 Å². The van der Waals surface area contributed by atoms with Crippen LogP contribution in [0.15, 0.2) is 24.3 Å². The molecule has 0 bridgehead atoms. The van der Waals surface area contributed by atoms with Crippen LogP contribution in [-0.4, -0.2) is 0 Å². The Hall–Kier alpha value is -0.490. The van der Waals surface area contributed by atoms with Gasteiger partial charge in [-0.2, -0.15) is 0 Å². The molecule has 1 aromatic carbocycles. The van der Waals surface area contributed by atoms with Gasteiger partial charge in [-0.3, -0.25) is 0 Å². The minimum Gasteiger partial charge on any atom is -0.122 e. The first-order valence-electron chi connectivity index (χ1n) is 7.01. The quantitative estimate of drug-likeness (QED) is 0.390. The molecule has 0 amide bonds. The molecule has 0 aliphatic carbocycles. The fourth-order valence-corrected chi connectivity index (χ4v) is 2.47. The zero-order chi connectivity index (χ0) is 12.3. The van der Waals surface area contributed by atoms with Crippen LogP contribution < -0.4 is 0 Å².